The number of nitrogens with zero attached hydrogens (tertiary/aromatic N) is 2. The lowest BCUT2D eigenvalue weighted by molar-refractivity contribution is 0.206. The molecule has 0 saturated carbocycles. The third kappa shape index (κ3) is 3.36. The molecule has 0 radical (unpaired) electrons. The van der Waals surface area contributed by atoms with Crippen LogP contribution >= 0.6 is 0 Å². The molecule has 0 aliphatic carbocycles. The van der Waals surface area contributed by atoms with Crippen molar-refractivity contribution in [1.29, 1.82) is 0 Å². The molecule has 4 nitrogen and oxygen atoms in total. The van der Waals surface area contributed by atoms with E-state index in [1.807, 2.05) is 6.07 Å². The summed E-state index contributed by atoms with van der Waals surface area (Å²) >= 11 is 0. The Hall–Kier alpha value is -1.88. The van der Waals surface area contributed by atoms with Gasteiger partial charge < -0.3 is 5.32 Å². The Morgan fingerprint density at radius 2 is 2.15 bits per heavy atom. The first-order chi connectivity index (χ1) is 9.79. The van der Waals surface area contributed by atoms with E-state index < -0.39 is 0 Å². The molecule has 20 heavy (non-hydrogen) atoms. The molecule has 1 aromatic carbocycles. The molecule has 1 aliphatic rings. The van der Waals surface area contributed by atoms with Crippen LogP contribution in [0.15, 0.2) is 36.5 Å². The van der Waals surface area contributed by atoms with Gasteiger partial charge in [0.15, 0.2) is 0 Å². The number of benzene rings is 1. The minimum atomic E-state index is -0.194. The van der Waals surface area contributed by atoms with Gasteiger partial charge in [0.05, 0.1) is 0 Å². The van der Waals surface area contributed by atoms with Crippen molar-refractivity contribution in [2.45, 2.75) is 25.4 Å². The van der Waals surface area contributed by atoms with Crippen LogP contribution < -0.4 is 5.32 Å². The van der Waals surface area contributed by atoms with E-state index in [1.165, 1.54) is 18.6 Å². The lowest BCUT2D eigenvalue weighted by Gasteiger charge is -2.33. The number of aromatic nitrogens is 2. The summed E-state index contributed by atoms with van der Waals surface area (Å²) in [5, 5.41) is 10.5. The summed E-state index contributed by atoms with van der Waals surface area (Å²) in [7, 11) is 0. The maximum atomic E-state index is 12.9. The minimum Gasteiger partial charge on any atom is -0.381 e. The number of H-pyrrole nitrogens is 1. The molecule has 1 aliphatic heterocycles. The van der Waals surface area contributed by atoms with Crippen LogP contribution in [0, 0.1) is 5.82 Å². The first-order valence-electron chi connectivity index (χ1n) is 7.02. The molecule has 0 spiro atoms. The SMILES string of the molecule is Fc1ccc(N[C@@H]2CCCN(Cc3ccn[nH]3)C2)cc1. The number of nitrogens with one attached hydrogen (secondary N) is 2. The maximum Gasteiger partial charge on any atom is 0.123 e. The zero-order chi connectivity index (χ0) is 13.8. The van der Waals surface area contributed by atoms with Crippen LogP contribution in [0.5, 0.6) is 0 Å². The normalized spacial score (nSPS) is 19.9. The van der Waals surface area contributed by atoms with Crippen LogP contribution in [-0.2, 0) is 6.54 Å². The van der Waals surface area contributed by atoms with Gasteiger partial charge in [0, 0.05) is 36.7 Å². The lowest BCUT2D eigenvalue weighted by atomic mass is 10.1. The summed E-state index contributed by atoms with van der Waals surface area (Å²) in [4.78, 5) is 2.41. The van der Waals surface area contributed by atoms with Gasteiger partial charge in [0.2, 0.25) is 0 Å². The molecular weight excluding hydrogens is 255 g/mol. The summed E-state index contributed by atoms with van der Waals surface area (Å²) in [5.41, 5.74) is 2.13. The van der Waals surface area contributed by atoms with Crippen molar-refractivity contribution in [1.82, 2.24) is 15.1 Å². The van der Waals surface area contributed by atoms with Crippen LogP contribution in [0.1, 0.15) is 18.5 Å². The van der Waals surface area contributed by atoms with E-state index in [2.05, 4.69) is 20.4 Å². The number of anilines is 1. The largest absolute Gasteiger partial charge is 0.381 e. The Labute approximate surface area is 118 Å². The number of hydrogen-bond acceptors (Lipinski definition) is 3. The fraction of sp³-hybridized carbons (Fsp3) is 0.400. The number of rotatable bonds is 4. The lowest BCUT2D eigenvalue weighted by Crippen LogP contribution is -2.41. The monoisotopic (exact) mass is 274 g/mol. The highest BCUT2D eigenvalue weighted by molar-refractivity contribution is 5.43. The van der Waals surface area contributed by atoms with Crippen molar-refractivity contribution in [3.8, 4) is 0 Å². The molecule has 0 bridgehead atoms. The Balaban J connectivity index is 1.56. The maximum absolute atomic E-state index is 12.9. The van der Waals surface area contributed by atoms with Gasteiger partial charge in [-0.15, -0.1) is 0 Å². The van der Waals surface area contributed by atoms with Gasteiger partial charge in [-0.2, -0.15) is 5.10 Å². The molecule has 1 aromatic heterocycles. The number of piperidine rings is 1. The number of aromatic amines is 1. The second-order valence-corrected chi connectivity index (χ2v) is 5.31. The molecule has 1 fully saturated rings. The van der Waals surface area contributed by atoms with Gasteiger partial charge in [-0.3, -0.25) is 10.00 Å². The van der Waals surface area contributed by atoms with Crippen molar-refractivity contribution in [2.24, 2.45) is 0 Å². The molecule has 3 rings (SSSR count). The molecular formula is C15H19FN4. The molecule has 2 heterocycles. The fourth-order valence-electron chi connectivity index (χ4n) is 2.71. The van der Waals surface area contributed by atoms with Gasteiger partial charge in [-0.25, -0.2) is 4.39 Å². The Kier molecular flexibility index (Phi) is 3.97. The minimum absolute atomic E-state index is 0.194. The van der Waals surface area contributed by atoms with Gasteiger partial charge in [0.25, 0.3) is 0 Å². The van der Waals surface area contributed by atoms with Crippen LogP contribution in [0.3, 0.4) is 0 Å². The van der Waals surface area contributed by atoms with E-state index in [-0.39, 0.29) is 5.82 Å². The van der Waals surface area contributed by atoms with E-state index >= 15 is 0 Å². The Morgan fingerprint density at radius 1 is 1.30 bits per heavy atom. The molecule has 106 valence electrons. The van der Waals surface area contributed by atoms with Crippen LogP contribution in [0.2, 0.25) is 0 Å². The van der Waals surface area contributed by atoms with Gasteiger partial charge in [0.1, 0.15) is 5.82 Å². The first kappa shape index (κ1) is 13.1. The standard InChI is InChI=1S/C15H19FN4/c16-12-3-5-13(6-4-12)18-14-2-1-9-20(10-14)11-15-7-8-17-19-15/h3-8,14,18H,1-2,9-11H2,(H,17,19)/t14-/m1/s1. The van der Waals surface area contributed by atoms with Crippen molar-refractivity contribution in [3.05, 3.63) is 48.0 Å². The quantitative estimate of drug-likeness (QED) is 0.900. The number of hydrogen-bond donors (Lipinski definition) is 2. The van der Waals surface area contributed by atoms with Crippen molar-refractivity contribution in [3.63, 3.8) is 0 Å². The van der Waals surface area contributed by atoms with E-state index in [0.717, 1.165) is 37.4 Å². The molecule has 0 amide bonds. The van der Waals surface area contributed by atoms with Gasteiger partial charge >= 0.3 is 0 Å². The first-order valence-corrected chi connectivity index (χ1v) is 7.02. The smallest absolute Gasteiger partial charge is 0.123 e. The molecule has 0 unspecified atom stereocenters. The summed E-state index contributed by atoms with van der Waals surface area (Å²) in [6.45, 7) is 3.01. The second-order valence-electron chi connectivity index (χ2n) is 5.31. The number of likely N-dealkylation sites (tertiary alicyclic amines) is 1. The van der Waals surface area contributed by atoms with E-state index in [9.17, 15) is 4.39 Å². The van der Waals surface area contributed by atoms with E-state index in [4.69, 9.17) is 0 Å². The van der Waals surface area contributed by atoms with Crippen molar-refractivity contribution < 1.29 is 4.39 Å². The summed E-state index contributed by atoms with van der Waals surface area (Å²) in [5.74, 6) is -0.194. The summed E-state index contributed by atoms with van der Waals surface area (Å²) < 4.78 is 12.9. The van der Waals surface area contributed by atoms with Crippen LogP contribution in [0.4, 0.5) is 10.1 Å². The molecule has 5 heteroatoms. The average molecular weight is 274 g/mol. The highest BCUT2D eigenvalue weighted by atomic mass is 19.1. The zero-order valence-electron chi connectivity index (χ0n) is 11.3. The summed E-state index contributed by atoms with van der Waals surface area (Å²) in [6.07, 6.45) is 4.11. The number of halogens is 1. The van der Waals surface area contributed by atoms with E-state index in [0.29, 0.717) is 6.04 Å². The average Bonchev–Trinajstić information content (AvgIpc) is 2.95. The molecule has 1 atom stereocenters. The molecule has 2 aromatic rings. The highest BCUT2D eigenvalue weighted by Gasteiger charge is 2.20. The zero-order valence-corrected chi connectivity index (χ0v) is 11.3. The molecule has 1 saturated heterocycles. The predicted octanol–water partition coefficient (Wildman–Crippen LogP) is 2.63. The molecule has 2 N–H and O–H groups in total. The second kappa shape index (κ2) is 6.05. The van der Waals surface area contributed by atoms with Crippen LogP contribution in [-0.4, -0.2) is 34.2 Å². The van der Waals surface area contributed by atoms with Crippen molar-refractivity contribution >= 4 is 5.69 Å². The van der Waals surface area contributed by atoms with Gasteiger partial charge in [-0.1, -0.05) is 0 Å². The third-order valence-corrected chi connectivity index (χ3v) is 3.67. The topological polar surface area (TPSA) is 44.0 Å². The Bertz CT molecular complexity index is 523. The predicted molar refractivity (Wildman–Crippen MR) is 76.9 cm³/mol. The third-order valence-electron chi connectivity index (χ3n) is 3.67. The van der Waals surface area contributed by atoms with Crippen LogP contribution in [0.25, 0.3) is 0 Å². The van der Waals surface area contributed by atoms with Gasteiger partial charge in [-0.05, 0) is 49.7 Å². The Morgan fingerprint density at radius 3 is 2.90 bits per heavy atom. The summed E-state index contributed by atoms with van der Waals surface area (Å²) in [6, 6.07) is 9.00. The highest BCUT2D eigenvalue weighted by Crippen LogP contribution is 2.17. The van der Waals surface area contributed by atoms with E-state index in [1.54, 1.807) is 18.3 Å². The fourth-order valence-corrected chi connectivity index (χ4v) is 2.71. The van der Waals surface area contributed by atoms with Crippen molar-refractivity contribution in [2.75, 3.05) is 18.4 Å².